The Bertz CT molecular complexity index is 1040. The Morgan fingerprint density at radius 2 is 1.92 bits per heavy atom. The molecule has 0 fully saturated rings. The summed E-state index contributed by atoms with van der Waals surface area (Å²) in [7, 11) is 0. The second-order valence-corrected chi connectivity index (χ2v) is 12.0. The SMILES string of the molecule is C=C/C=C(\C=C/C)CN1CC(Sc2cc(Cl)cc(Br)c2)=C(C(C)C)C(C(=O)OC(C)(C)C)=C1C.CC. The number of esters is 1. The van der Waals surface area contributed by atoms with Crippen LogP contribution in [0.3, 0.4) is 0 Å². The van der Waals surface area contributed by atoms with E-state index in [-0.39, 0.29) is 11.9 Å². The molecule has 1 aromatic carbocycles. The van der Waals surface area contributed by atoms with E-state index in [1.54, 1.807) is 17.8 Å². The second-order valence-electron chi connectivity index (χ2n) is 9.49. The van der Waals surface area contributed by atoms with Gasteiger partial charge in [-0.05, 0) is 69.9 Å². The number of hydrogen-bond acceptors (Lipinski definition) is 4. The van der Waals surface area contributed by atoms with Gasteiger partial charge >= 0.3 is 5.97 Å². The van der Waals surface area contributed by atoms with Crippen molar-refractivity contribution in [3.8, 4) is 0 Å². The van der Waals surface area contributed by atoms with Gasteiger partial charge < -0.3 is 9.64 Å². The molecule has 1 aromatic rings. The molecule has 2 rings (SSSR count). The number of allylic oxidation sites excluding steroid dienone is 4. The molecule has 1 aliphatic rings. The highest BCUT2D eigenvalue weighted by molar-refractivity contribution is 9.10. The van der Waals surface area contributed by atoms with Crippen molar-refractivity contribution in [2.24, 2.45) is 5.92 Å². The number of thioether (sulfide) groups is 1. The van der Waals surface area contributed by atoms with Crippen molar-refractivity contribution in [3.63, 3.8) is 0 Å². The van der Waals surface area contributed by atoms with Gasteiger partial charge in [-0.25, -0.2) is 4.79 Å². The van der Waals surface area contributed by atoms with E-state index in [0.29, 0.717) is 23.7 Å². The Balaban J connectivity index is 0.00000316. The first-order valence-electron chi connectivity index (χ1n) is 12.4. The number of ether oxygens (including phenoxy) is 1. The Morgan fingerprint density at radius 3 is 2.42 bits per heavy atom. The molecule has 0 saturated carbocycles. The van der Waals surface area contributed by atoms with Crippen LogP contribution in [0, 0.1) is 5.92 Å². The maximum absolute atomic E-state index is 13.5. The van der Waals surface area contributed by atoms with Crippen molar-refractivity contribution in [1.82, 2.24) is 4.90 Å². The number of hydrogen-bond donors (Lipinski definition) is 0. The van der Waals surface area contributed by atoms with Crippen LogP contribution in [0.5, 0.6) is 0 Å². The van der Waals surface area contributed by atoms with Gasteiger partial charge in [-0.3, -0.25) is 0 Å². The molecule has 1 heterocycles. The highest BCUT2D eigenvalue weighted by Gasteiger charge is 2.33. The van der Waals surface area contributed by atoms with Crippen molar-refractivity contribution >= 4 is 45.3 Å². The molecule has 0 aliphatic carbocycles. The minimum atomic E-state index is -0.585. The monoisotopic (exact) mass is 593 g/mol. The summed E-state index contributed by atoms with van der Waals surface area (Å²) in [5.41, 5.74) is 3.14. The normalized spacial score (nSPS) is 14.9. The van der Waals surface area contributed by atoms with Gasteiger partial charge in [0.05, 0.1) is 5.57 Å². The van der Waals surface area contributed by atoms with Crippen LogP contribution in [-0.2, 0) is 9.53 Å². The summed E-state index contributed by atoms with van der Waals surface area (Å²) >= 11 is 11.5. The van der Waals surface area contributed by atoms with E-state index in [1.807, 2.05) is 78.8 Å². The third kappa shape index (κ3) is 9.64. The van der Waals surface area contributed by atoms with E-state index in [4.69, 9.17) is 16.3 Å². The van der Waals surface area contributed by atoms with E-state index >= 15 is 0 Å². The number of carbonyl (C=O) groups excluding carboxylic acids is 1. The second kappa shape index (κ2) is 14.9. The van der Waals surface area contributed by atoms with Crippen LogP contribution in [0.1, 0.15) is 62.3 Å². The minimum Gasteiger partial charge on any atom is -0.456 e. The lowest BCUT2D eigenvalue weighted by molar-refractivity contribution is -0.149. The first kappa shape index (κ1) is 32.3. The average molecular weight is 595 g/mol. The fraction of sp³-hybridized carbons (Fsp3) is 0.433. The molecule has 0 atom stereocenters. The van der Waals surface area contributed by atoms with E-state index in [0.717, 1.165) is 31.1 Å². The number of carbonyl (C=O) groups is 1. The molecular weight excluding hydrogens is 554 g/mol. The molecule has 3 nitrogen and oxygen atoms in total. The van der Waals surface area contributed by atoms with Gasteiger partial charge in [0.15, 0.2) is 0 Å². The van der Waals surface area contributed by atoms with E-state index in [1.165, 1.54) is 0 Å². The van der Waals surface area contributed by atoms with Crippen LogP contribution >= 0.6 is 39.3 Å². The molecule has 1 aliphatic heterocycles. The number of nitrogens with zero attached hydrogens (tertiary/aromatic N) is 1. The van der Waals surface area contributed by atoms with Crippen LogP contribution in [0.15, 0.2) is 85.8 Å². The van der Waals surface area contributed by atoms with Crippen LogP contribution in [0.25, 0.3) is 0 Å². The van der Waals surface area contributed by atoms with Crippen molar-refractivity contribution < 1.29 is 9.53 Å². The number of halogens is 2. The van der Waals surface area contributed by atoms with E-state index in [9.17, 15) is 4.79 Å². The fourth-order valence-electron chi connectivity index (χ4n) is 3.81. The van der Waals surface area contributed by atoms with Crippen molar-refractivity contribution in [2.75, 3.05) is 13.1 Å². The lowest BCUT2D eigenvalue weighted by atomic mass is 9.90. The zero-order valence-corrected chi connectivity index (χ0v) is 26.3. The minimum absolute atomic E-state index is 0.142. The fourth-order valence-corrected chi connectivity index (χ4v) is 6.21. The highest BCUT2D eigenvalue weighted by atomic mass is 79.9. The molecule has 0 bridgehead atoms. The molecule has 6 heteroatoms. The quantitative estimate of drug-likeness (QED) is 0.221. The van der Waals surface area contributed by atoms with Crippen molar-refractivity contribution in [1.29, 1.82) is 0 Å². The predicted molar refractivity (Wildman–Crippen MR) is 161 cm³/mol. The van der Waals surface area contributed by atoms with Gasteiger partial charge in [0, 0.05) is 38.1 Å². The lowest BCUT2D eigenvalue weighted by Gasteiger charge is -2.36. The Hall–Kier alpha value is -1.69. The van der Waals surface area contributed by atoms with Gasteiger partial charge in [0.2, 0.25) is 0 Å². The molecule has 0 amide bonds. The summed E-state index contributed by atoms with van der Waals surface area (Å²) in [6.07, 6.45) is 7.89. The number of benzene rings is 1. The molecule has 0 spiro atoms. The molecular formula is C30H41BrClNO2S. The van der Waals surface area contributed by atoms with Crippen LogP contribution in [0.4, 0.5) is 0 Å². The zero-order valence-electron chi connectivity index (χ0n) is 23.2. The van der Waals surface area contributed by atoms with Crippen LogP contribution in [-0.4, -0.2) is 29.6 Å². The summed E-state index contributed by atoms with van der Waals surface area (Å²) in [6, 6.07) is 5.87. The highest BCUT2D eigenvalue weighted by Crippen LogP contribution is 2.42. The molecule has 36 heavy (non-hydrogen) atoms. The van der Waals surface area contributed by atoms with Crippen molar-refractivity contribution in [3.05, 3.63) is 85.9 Å². The first-order chi connectivity index (χ1) is 16.9. The third-order valence-electron chi connectivity index (χ3n) is 5.08. The summed E-state index contributed by atoms with van der Waals surface area (Å²) in [6.45, 7) is 23.2. The van der Waals surface area contributed by atoms with E-state index < -0.39 is 5.60 Å². The van der Waals surface area contributed by atoms with Gasteiger partial charge in [-0.2, -0.15) is 0 Å². The average Bonchev–Trinajstić information content (AvgIpc) is 2.75. The maximum atomic E-state index is 13.5. The summed E-state index contributed by atoms with van der Waals surface area (Å²) in [4.78, 5) is 17.9. The summed E-state index contributed by atoms with van der Waals surface area (Å²) < 4.78 is 6.79. The van der Waals surface area contributed by atoms with Gasteiger partial charge in [0.1, 0.15) is 5.60 Å². The van der Waals surface area contributed by atoms with Crippen molar-refractivity contribution in [2.45, 2.75) is 72.8 Å². The maximum Gasteiger partial charge on any atom is 0.340 e. The van der Waals surface area contributed by atoms with Gasteiger partial charge in [0.25, 0.3) is 0 Å². The predicted octanol–water partition coefficient (Wildman–Crippen LogP) is 9.75. The number of rotatable bonds is 8. The van der Waals surface area contributed by atoms with Crippen LogP contribution < -0.4 is 0 Å². The molecule has 0 radical (unpaired) electrons. The smallest absolute Gasteiger partial charge is 0.340 e. The first-order valence-corrected chi connectivity index (χ1v) is 14.4. The Labute approximate surface area is 236 Å². The topological polar surface area (TPSA) is 29.5 Å². The molecule has 0 N–H and O–H groups in total. The van der Waals surface area contributed by atoms with E-state index in [2.05, 4.69) is 47.3 Å². The summed E-state index contributed by atoms with van der Waals surface area (Å²) in [5, 5.41) is 0.666. The third-order valence-corrected chi connectivity index (χ3v) is 6.83. The largest absolute Gasteiger partial charge is 0.456 e. The van der Waals surface area contributed by atoms with Gasteiger partial charge in [-0.15, -0.1) is 0 Å². The lowest BCUT2D eigenvalue weighted by Crippen LogP contribution is -2.35. The zero-order chi connectivity index (χ0) is 27.6. The Morgan fingerprint density at radius 1 is 1.28 bits per heavy atom. The molecule has 198 valence electrons. The standard InChI is InChI=1S/C28H35BrClNO2S.C2H6/c1-9-11-20(12-10-2)16-31-17-24(34-23-14-21(29)13-22(30)15-23)25(18(3)4)26(19(31)5)27(32)33-28(6,7)8;1-2/h9-15,18H,1,16-17H2,2-8H3;1-2H3/b12-10-,20-11+;. The Kier molecular flexibility index (Phi) is 13.4. The van der Waals surface area contributed by atoms with Gasteiger partial charge in [-0.1, -0.05) is 97.9 Å². The molecule has 0 saturated heterocycles. The molecule has 0 unspecified atom stereocenters. The summed E-state index contributed by atoms with van der Waals surface area (Å²) in [5.74, 6) is -0.146. The molecule has 0 aromatic heterocycles. The van der Waals surface area contributed by atoms with Crippen LogP contribution in [0.2, 0.25) is 5.02 Å².